The van der Waals surface area contributed by atoms with Gasteiger partial charge in [0.05, 0.1) is 16.7 Å². The number of para-hydroxylation sites is 1. The highest BCUT2D eigenvalue weighted by Gasteiger charge is 2.23. The van der Waals surface area contributed by atoms with Gasteiger partial charge in [0.1, 0.15) is 0 Å². The van der Waals surface area contributed by atoms with Crippen LogP contribution in [0.1, 0.15) is 17.4 Å². The summed E-state index contributed by atoms with van der Waals surface area (Å²) < 4.78 is 5.01. The third-order valence-corrected chi connectivity index (χ3v) is 9.87. The fraction of sp³-hybridized carbons (Fsp3) is 0.0250. The minimum absolute atomic E-state index is 0.315. The highest BCUT2D eigenvalue weighted by atomic mass is 32.1. The number of nitrogens with one attached hydrogen (secondary N) is 1. The van der Waals surface area contributed by atoms with Gasteiger partial charge in [0, 0.05) is 36.6 Å². The molecule has 9 rings (SSSR count). The van der Waals surface area contributed by atoms with Crippen molar-refractivity contribution in [3.63, 3.8) is 0 Å². The van der Waals surface area contributed by atoms with Gasteiger partial charge in [-0.1, -0.05) is 121 Å². The summed E-state index contributed by atoms with van der Waals surface area (Å²) in [5, 5.41) is 8.87. The fourth-order valence-electron chi connectivity index (χ4n) is 6.60. The van der Waals surface area contributed by atoms with Crippen LogP contribution in [0.3, 0.4) is 0 Å². The Hall–Kier alpha value is -5.45. The smallest absolute Gasteiger partial charge is 0.201 e. The van der Waals surface area contributed by atoms with Gasteiger partial charge < -0.3 is 9.88 Å². The number of nitrogens with zero attached hydrogens (tertiary/aromatic N) is 2. The molecule has 3 heterocycles. The molecule has 2 aromatic heterocycles. The van der Waals surface area contributed by atoms with Crippen LogP contribution in [0.5, 0.6) is 0 Å². The molecule has 0 aliphatic carbocycles. The largest absolute Gasteiger partial charge is 0.346 e. The molecule has 0 saturated heterocycles. The molecular formula is C40H27N3S. The number of hydrogen-bond donors (Lipinski definition) is 1. The van der Waals surface area contributed by atoms with Crippen LogP contribution in [0.4, 0.5) is 0 Å². The molecule has 0 spiro atoms. The van der Waals surface area contributed by atoms with Crippen molar-refractivity contribution < 1.29 is 0 Å². The van der Waals surface area contributed by atoms with Crippen molar-refractivity contribution in [1.82, 2.24) is 9.88 Å². The predicted octanol–water partition coefficient (Wildman–Crippen LogP) is 10.4. The van der Waals surface area contributed by atoms with Crippen LogP contribution in [0, 0.1) is 0 Å². The lowest BCUT2D eigenvalue weighted by Crippen LogP contribution is -2.29. The maximum Gasteiger partial charge on any atom is 0.201 e. The summed E-state index contributed by atoms with van der Waals surface area (Å²) >= 11 is 1.88. The van der Waals surface area contributed by atoms with E-state index in [1.807, 2.05) is 17.4 Å². The molecule has 6 aromatic carbocycles. The Bertz CT molecular complexity index is 2410. The van der Waals surface area contributed by atoms with Crippen LogP contribution in [-0.4, -0.2) is 10.3 Å². The Kier molecular flexibility index (Phi) is 5.75. The van der Waals surface area contributed by atoms with Gasteiger partial charge in [-0.05, 0) is 52.6 Å². The van der Waals surface area contributed by atoms with Gasteiger partial charge in [-0.3, -0.25) is 0 Å². The molecule has 1 aliphatic heterocycles. The molecule has 0 saturated carbocycles. The molecule has 1 N–H and O–H groups in total. The Morgan fingerprint density at radius 2 is 1.23 bits per heavy atom. The number of rotatable bonds is 4. The number of thiophene rings is 1. The zero-order chi connectivity index (χ0) is 29.0. The van der Waals surface area contributed by atoms with Crippen molar-refractivity contribution >= 4 is 64.7 Å². The molecule has 4 heteroatoms. The van der Waals surface area contributed by atoms with Gasteiger partial charge >= 0.3 is 0 Å². The van der Waals surface area contributed by atoms with Crippen LogP contribution < -0.4 is 5.32 Å². The topological polar surface area (TPSA) is 29.3 Å². The average Bonchev–Trinajstić information content (AvgIpc) is 3.64. The lowest BCUT2D eigenvalue weighted by atomic mass is 10.0. The van der Waals surface area contributed by atoms with Crippen LogP contribution in [0.15, 0.2) is 157 Å². The summed E-state index contributed by atoms with van der Waals surface area (Å²) in [7, 11) is 0. The second-order valence-electron chi connectivity index (χ2n) is 11.2. The van der Waals surface area contributed by atoms with Crippen molar-refractivity contribution in [2.45, 2.75) is 6.29 Å². The Morgan fingerprint density at radius 3 is 2.07 bits per heavy atom. The van der Waals surface area contributed by atoms with E-state index in [0.717, 1.165) is 33.6 Å². The first kappa shape index (κ1) is 25.1. The summed E-state index contributed by atoms with van der Waals surface area (Å²) in [5.41, 5.74) is 9.08. The van der Waals surface area contributed by atoms with Crippen molar-refractivity contribution in [3.05, 3.63) is 163 Å². The van der Waals surface area contributed by atoms with E-state index in [4.69, 9.17) is 4.99 Å². The van der Waals surface area contributed by atoms with Crippen molar-refractivity contribution in [2.75, 3.05) is 0 Å². The molecule has 3 nitrogen and oxygen atoms in total. The molecular weight excluding hydrogens is 555 g/mol. The average molecular weight is 582 g/mol. The molecule has 1 atom stereocenters. The van der Waals surface area contributed by atoms with E-state index < -0.39 is 0 Å². The minimum atomic E-state index is -0.315. The Labute approximate surface area is 259 Å². The lowest BCUT2D eigenvalue weighted by molar-refractivity contribution is 0.508. The van der Waals surface area contributed by atoms with E-state index >= 15 is 0 Å². The summed E-state index contributed by atoms with van der Waals surface area (Å²) in [6.07, 6.45) is 1.85. The first-order valence-electron chi connectivity index (χ1n) is 14.9. The van der Waals surface area contributed by atoms with Crippen LogP contribution in [0.25, 0.3) is 58.8 Å². The second kappa shape index (κ2) is 10.1. The van der Waals surface area contributed by atoms with E-state index in [1.165, 1.54) is 42.1 Å². The van der Waals surface area contributed by atoms with Gasteiger partial charge in [0.25, 0.3) is 0 Å². The highest BCUT2D eigenvalue weighted by molar-refractivity contribution is 7.26. The van der Waals surface area contributed by atoms with Crippen molar-refractivity contribution in [3.8, 4) is 11.1 Å². The van der Waals surface area contributed by atoms with E-state index in [-0.39, 0.29) is 6.29 Å². The second-order valence-corrected chi connectivity index (χ2v) is 12.3. The van der Waals surface area contributed by atoms with E-state index in [9.17, 15) is 0 Å². The fourth-order valence-corrected chi connectivity index (χ4v) is 7.84. The lowest BCUT2D eigenvalue weighted by Gasteiger charge is -2.27. The zero-order valence-electron chi connectivity index (χ0n) is 23.8. The molecule has 8 aromatic rings. The number of aromatic nitrogens is 1. The Balaban J connectivity index is 1.24. The summed E-state index contributed by atoms with van der Waals surface area (Å²) in [6.45, 7) is 0. The maximum atomic E-state index is 5.31. The molecule has 0 fully saturated rings. The number of fused-ring (bicyclic) bond motifs is 6. The molecule has 208 valence electrons. The zero-order valence-corrected chi connectivity index (χ0v) is 24.6. The van der Waals surface area contributed by atoms with Crippen LogP contribution >= 0.6 is 11.3 Å². The van der Waals surface area contributed by atoms with E-state index in [0.29, 0.717) is 0 Å². The molecule has 0 amide bonds. The summed E-state index contributed by atoms with van der Waals surface area (Å²) in [4.78, 5) is 5.31. The Morgan fingerprint density at radius 1 is 0.545 bits per heavy atom. The predicted molar refractivity (Wildman–Crippen MR) is 187 cm³/mol. The van der Waals surface area contributed by atoms with Gasteiger partial charge in [-0.15, -0.1) is 11.3 Å². The van der Waals surface area contributed by atoms with E-state index in [1.54, 1.807) is 0 Å². The van der Waals surface area contributed by atoms with Crippen molar-refractivity contribution in [1.29, 1.82) is 0 Å². The molecule has 44 heavy (non-hydrogen) atoms. The first-order valence-corrected chi connectivity index (χ1v) is 15.7. The standard InChI is InChI=1S/C40H27N3S/c1-3-12-26(13-4-1)34-25-35(27-14-5-2-6-15-27)42-40(41-34)43-36-20-9-7-16-30(36)33-24-28(22-23-37(33)43)29-18-11-19-32-31-17-8-10-21-38(31)44-39(29)32/h1-25,40-41H. The van der Waals surface area contributed by atoms with Crippen LogP contribution in [-0.2, 0) is 0 Å². The van der Waals surface area contributed by atoms with E-state index in [2.05, 4.69) is 155 Å². The summed E-state index contributed by atoms with van der Waals surface area (Å²) in [6, 6.07) is 52.0. The van der Waals surface area contributed by atoms with Gasteiger partial charge in [-0.25, -0.2) is 4.99 Å². The molecule has 1 aliphatic rings. The number of allylic oxidation sites excluding steroid dienone is 1. The van der Waals surface area contributed by atoms with Crippen LogP contribution in [0.2, 0.25) is 0 Å². The quantitative estimate of drug-likeness (QED) is 0.220. The number of aliphatic imine (C=N–C) groups is 1. The van der Waals surface area contributed by atoms with Crippen molar-refractivity contribution in [2.24, 2.45) is 4.99 Å². The first-order chi connectivity index (χ1) is 21.8. The molecule has 0 bridgehead atoms. The SMILES string of the molecule is C1=C(c2ccccc2)NC(n2c3ccccc3c3cc(-c4cccc5c4sc4ccccc45)ccc32)N=C1c1ccccc1. The maximum absolute atomic E-state index is 5.31. The van der Waals surface area contributed by atoms with Gasteiger partial charge in [0.2, 0.25) is 6.29 Å². The normalized spacial score (nSPS) is 15.0. The van der Waals surface area contributed by atoms with Gasteiger partial charge in [0.15, 0.2) is 0 Å². The molecule has 1 unspecified atom stereocenters. The highest BCUT2D eigenvalue weighted by Crippen LogP contribution is 2.42. The van der Waals surface area contributed by atoms with Gasteiger partial charge in [-0.2, -0.15) is 0 Å². The minimum Gasteiger partial charge on any atom is -0.346 e. The number of hydrogen-bond acceptors (Lipinski definition) is 3. The summed E-state index contributed by atoms with van der Waals surface area (Å²) in [5.74, 6) is 0. The third-order valence-electron chi connectivity index (χ3n) is 8.65. The number of benzene rings is 6. The molecule has 0 radical (unpaired) electrons. The monoisotopic (exact) mass is 581 g/mol. The third kappa shape index (κ3) is 3.99.